The molecule has 0 heterocycles. The van der Waals surface area contributed by atoms with E-state index in [1.54, 1.807) is 12.1 Å². The molecule has 3 unspecified atom stereocenters. The van der Waals surface area contributed by atoms with Gasteiger partial charge in [0.1, 0.15) is 11.3 Å². The summed E-state index contributed by atoms with van der Waals surface area (Å²) in [5, 5.41) is 21.3. The Balaban J connectivity index is 2.23. The van der Waals surface area contributed by atoms with Gasteiger partial charge in [0, 0.05) is 12.8 Å². The van der Waals surface area contributed by atoms with Gasteiger partial charge in [-0.1, -0.05) is 18.6 Å². The first-order chi connectivity index (χ1) is 11.2. The standard InChI is InChI=1S/C17H22N2O5/c1-10(20)19-14(9-11-4-6-12(21)7-5-11)15(22)13-3-2-8-17(13,18)16(23)24/h4-7,13-14,21H,2-3,8-9,18H2,1H3,(H,19,20)(H,23,24). The molecule has 0 aromatic heterocycles. The molecule has 1 amide bonds. The number of carbonyl (C=O) groups is 3. The van der Waals surface area contributed by atoms with E-state index in [1.165, 1.54) is 19.1 Å². The second kappa shape index (κ2) is 7.00. The number of aromatic hydroxyl groups is 1. The maximum atomic E-state index is 12.9. The third-order valence-corrected chi connectivity index (χ3v) is 4.54. The fourth-order valence-corrected chi connectivity index (χ4v) is 3.26. The van der Waals surface area contributed by atoms with Crippen LogP contribution in [-0.4, -0.2) is 39.5 Å². The third-order valence-electron chi connectivity index (χ3n) is 4.54. The number of Topliss-reactive ketones (excluding diaryl/α,β-unsaturated/α-hetero) is 1. The van der Waals surface area contributed by atoms with Crippen LogP contribution in [0.5, 0.6) is 5.75 Å². The summed E-state index contributed by atoms with van der Waals surface area (Å²) in [6.45, 7) is 1.30. The number of ketones is 1. The van der Waals surface area contributed by atoms with E-state index in [0.29, 0.717) is 12.8 Å². The zero-order valence-electron chi connectivity index (χ0n) is 13.5. The summed E-state index contributed by atoms with van der Waals surface area (Å²) < 4.78 is 0. The van der Waals surface area contributed by atoms with E-state index in [0.717, 1.165) is 5.56 Å². The minimum Gasteiger partial charge on any atom is -0.508 e. The average Bonchev–Trinajstić information content (AvgIpc) is 2.91. The van der Waals surface area contributed by atoms with Crippen LogP contribution in [0.2, 0.25) is 0 Å². The van der Waals surface area contributed by atoms with Gasteiger partial charge in [0.15, 0.2) is 5.78 Å². The molecule has 1 aliphatic rings. The van der Waals surface area contributed by atoms with Crippen LogP contribution in [0.4, 0.5) is 0 Å². The van der Waals surface area contributed by atoms with E-state index in [4.69, 9.17) is 5.73 Å². The first-order valence-corrected chi connectivity index (χ1v) is 7.85. The number of hydrogen-bond donors (Lipinski definition) is 4. The average molecular weight is 334 g/mol. The van der Waals surface area contributed by atoms with E-state index in [-0.39, 0.29) is 30.3 Å². The van der Waals surface area contributed by atoms with Gasteiger partial charge in [-0.25, -0.2) is 0 Å². The van der Waals surface area contributed by atoms with E-state index in [9.17, 15) is 24.6 Å². The van der Waals surface area contributed by atoms with E-state index < -0.39 is 23.5 Å². The highest BCUT2D eigenvalue weighted by Gasteiger charge is 2.50. The quantitative estimate of drug-likeness (QED) is 0.602. The van der Waals surface area contributed by atoms with Crippen LogP contribution >= 0.6 is 0 Å². The number of amides is 1. The van der Waals surface area contributed by atoms with Crippen LogP contribution in [-0.2, 0) is 20.8 Å². The van der Waals surface area contributed by atoms with Crippen LogP contribution in [0.1, 0.15) is 31.7 Å². The van der Waals surface area contributed by atoms with Crippen LogP contribution in [0.3, 0.4) is 0 Å². The van der Waals surface area contributed by atoms with Crippen molar-refractivity contribution in [3.8, 4) is 5.75 Å². The lowest BCUT2D eigenvalue weighted by atomic mass is 9.81. The largest absolute Gasteiger partial charge is 0.508 e. The molecule has 130 valence electrons. The number of nitrogens with one attached hydrogen (secondary N) is 1. The molecule has 1 saturated carbocycles. The number of nitrogens with two attached hydrogens (primary N) is 1. The van der Waals surface area contributed by atoms with Gasteiger partial charge < -0.3 is 21.3 Å². The van der Waals surface area contributed by atoms with Gasteiger partial charge in [-0.3, -0.25) is 14.4 Å². The van der Waals surface area contributed by atoms with Crippen LogP contribution in [0, 0.1) is 5.92 Å². The lowest BCUT2D eigenvalue weighted by Gasteiger charge is -2.29. The monoisotopic (exact) mass is 334 g/mol. The number of carboxylic acids is 1. The van der Waals surface area contributed by atoms with Gasteiger partial charge in [-0.15, -0.1) is 0 Å². The molecule has 0 saturated heterocycles. The fourth-order valence-electron chi connectivity index (χ4n) is 3.26. The lowest BCUT2D eigenvalue weighted by Crippen LogP contribution is -2.57. The number of carbonyl (C=O) groups excluding carboxylic acids is 2. The molecule has 0 bridgehead atoms. The first-order valence-electron chi connectivity index (χ1n) is 7.85. The molecule has 0 aliphatic heterocycles. The Hall–Kier alpha value is -2.41. The molecule has 5 N–H and O–H groups in total. The molecule has 7 heteroatoms. The highest BCUT2D eigenvalue weighted by Crippen LogP contribution is 2.35. The maximum Gasteiger partial charge on any atom is 0.324 e. The van der Waals surface area contributed by atoms with Gasteiger partial charge in [0.05, 0.1) is 6.04 Å². The molecule has 2 rings (SSSR count). The Morgan fingerprint density at radius 1 is 1.33 bits per heavy atom. The second-order valence-electron chi connectivity index (χ2n) is 6.32. The van der Waals surface area contributed by atoms with Gasteiger partial charge in [0.25, 0.3) is 0 Å². The predicted molar refractivity (Wildman–Crippen MR) is 86.3 cm³/mol. The number of aliphatic carboxylic acids is 1. The van der Waals surface area contributed by atoms with Crippen LogP contribution in [0.25, 0.3) is 0 Å². The number of rotatable bonds is 6. The minimum absolute atomic E-state index is 0.101. The van der Waals surface area contributed by atoms with Crippen LogP contribution < -0.4 is 11.1 Å². The molecule has 0 radical (unpaired) electrons. The zero-order valence-corrected chi connectivity index (χ0v) is 13.5. The summed E-state index contributed by atoms with van der Waals surface area (Å²) in [4.78, 5) is 35.8. The minimum atomic E-state index is -1.58. The molecular formula is C17H22N2O5. The molecule has 24 heavy (non-hydrogen) atoms. The highest BCUT2D eigenvalue weighted by molar-refractivity contribution is 5.96. The van der Waals surface area contributed by atoms with E-state index in [1.807, 2.05) is 0 Å². The van der Waals surface area contributed by atoms with Crippen molar-refractivity contribution in [2.75, 3.05) is 0 Å². The number of hydrogen-bond acceptors (Lipinski definition) is 5. The Morgan fingerprint density at radius 3 is 2.50 bits per heavy atom. The molecule has 1 fully saturated rings. The summed E-state index contributed by atoms with van der Waals surface area (Å²) in [5.74, 6) is -2.65. The predicted octanol–water partition coefficient (Wildman–Crippen LogP) is 0.591. The van der Waals surface area contributed by atoms with Crippen LogP contribution in [0.15, 0.2) is 24.3 Å². The maximum absolute atomic E-state index is 12.9. The molecule has 1 aliphatic carbocycles. The lowest BCUT2D eigenvalue weighted by molar-refractivity contribution is -0.148. The van der Waals surface area contributed by atoms with Crippen molar-refractivity contribution in [2.45, 2.75) is 44.2 Å². The van der Waals surface area contributed by atoms with Crippen molar-refractivity contribution in [3.63, 3.8) is 0 Å². The molecule has 1 aromatic carbocycles. The summed E-state index contributed by atoms with van der Waals surface area (Å²) in [6, 6.07) is 5.44. The van der Waals surface area contributed by atoms with Crippen molar-refractivity contribution in [2.24, 2.45) is 11.7 Å². The number of phenols is 1. The SMILES string of the molecule is CC(=O)NC(Cc1ccc(O)cc1)C(=O)C1CCCC1(N)C(=O)O. The third kappa shape index (κ3) is 3.73. The van der Waals surface area contributed by atoms with Crippen molar-refractivity contribution >= 4 is 17.7 Å². The second-order valence-corrected chi connectivity index (χ2v) is 6.32. The molecule has 0 spiro atoms. The van der Waals surface area contributed by atoms with Gasteiger partial charge in [0.2, 0.25) is 5.91 Å². The Morgan fingerprint density at radius 2 is 1.96 bits per heavy atom. The zero-order chi connectivity index (χ0) is 17.9. The smallest absolute Gasteiger partial charge is 0.324 e. The van der Waals surface area contributed by atoms with E-state index >= 15 is 0 Å². The highest BCUT2D eigenvalue weighted by atomic mass is 16.4. The molecule has 3 atom stereocenters. The Kier molecular flexibility index (Phi) is 5.23. The Labute approximate surface area is 139 Å². The Bertz CT molecular complexity index is 643. The van der Waals surface area contributed by atoms with Crippen molar-refractivity contribution < 1.29 is 24.6 Å². The summed E-state index contributed by atoms with van der Waals surface area (Å²) in [6.07, 6.45) is 1.41. The number of phenolic OH excluding ortho intramolecular Hbond substituents is 1. The molecule has 1 aromatic rings. The number of carboxylic acid groups (broad SMARTS) is 1. The molecular weight excluding hydrogens is 312 g/mol. The van der Waals surface area contributed by atoms with Crippen molar-refractivity contribution in [3.05, 3.63) is 29.8 Å². The summed E-state index contributed by atoms with van der Waals surface area (Å²) >= 11 is 0. The number of benzene rings is 1. The van der Waals surface area contributed by atoms with Gasteiger partial charge >= 0.3 is 5.97 Å². The first kappa shape index (κ1) is 17.9. The fraction of sp³-hybridized carbons (Fsp3) is 0.471. The van der Waals surface area contributed by atoms with E-state index in [2.05, 4.69) is 5.32 Å². The summed E-state index contributed by atoms with van der Waals surface area (Å²) in [5.41, 5.74) is 5.13. The van der Waals surface area contributed by atoms with Crippen molar-refractivity contribution in [1.29, 1.82) is 0 Å². The van der Waals surface area contributed by atoms with Gasteiger partial charge in [-0.2, -0.15) is 0 Å². The topological polar surface area (TPSA) is 130 Å². The van der Waals surface area contributed by atoms with Crippen molar-refractivity contribution in [1.82, 2.24) is 5.32 Å². The normalized spacial score (nSPS) is 24.3. The molecule has 7 nitrogen and oxygen atoms in total. The summed E-state index contributed by atoms with van der Waals surface area (Å²) in [7, 11) is 0. The van der Waals surface area contributed by atoms with Gasteiger partial charge in [-0.05, 0) is 37.0 Å².